The molecule has 2 rings (SSSR count). The standard InChI is InChI=1S/C18H28N4O3/c1-3-4-8-21(2)18(24)16-14-15(5-6-19-16)17(23)20-7-9-22-10-12-25-13-11-22/h5-6,14H,3-4,7-13H2,1-2H3,(H,20,23). The van der Waals surface area contributed by atoms with Crippen LogP contribution in [0.5, 0.6) is 0 Å². The van der Waals surface area contributed by atoms with Crippen molar-refractivity contribution in [2.24, 2.45) is 0 Å². The van der Waals surface area contributed by atoms with Gasteiger partial charge in [-0.05, 0) is 18.6 Å². The van der Waals surface area contributed by atoms with Gasteiger partial charge in [0.1, 0.15) is 5.69 Å². The molecule has 1 fully saturated rings. The number of nitrogens with one attached hydrogen (secondary N) is 1. The lowest BCUT2D eigenvalue weighted by Crippen LogP contribution is -2.41. The molecule has 7 nitrogen and oxygen atoms in total. The Balaban J connectivity index is 1.86. The minimum absolute atomic E-state index is 0.156. The summed E-state index contributed by atoms with van der Waals surface area (Å²) in [6.45, 7) is 7.42. The van der Waals surface area contributed by atoms with Crippen LogP contribution in [0.4, 0.5) is 0 Å². The lowest BCUT2D eigenvalue weighted by molar-refractivity contribution is 0.0383. The summed E-state index contributed by atoms with van der Waals surface area (Å²) in [6, 6.07) is 3.20. The van der Waals surface area contributed by atoms with Gasteiger partial charge in [-0.15, -0.1) is 0 Å². The fraction of sp³-hybridized carbons (Fsp3) is 0.611. The SMILES string of the molecule is CCCCN(C)C(=O)c1cc(C(=O)NCCN2CCOCC2)ccn1. The Kier molecular flexibility index (Phi) is 7.81. The molecule has 7 heteroatoms. The van der Waals surface area contributed by atoms with Gasteiger partial charge < -0.3 is 15.0 Å². The van der Waals surface area contributed by atoms with Crippen molar-refractivity contribution in [1.82, 2.24) is 20.1 Å². The van der Waals surface area contributed by atoms with Gasteiger partial charge >= 0.3 is 0 Å². The zero-order valence-corrected chi connectivity index (χ0v) is 15.2. The Hall–Kier alpha value is -1.99. The molecule has 0 saturated carbocycles. The maximum absolute atomic E-state index is 12.4. The average Bonchev–Trinajstić information content (AvgIpc) is 2.66. The third-order valence-corrected chi connectivity index (χ3v) is 4.25. The summed E-state index contributed by atoms with van der Waals surface area (Å²) in [5, 5.41) is 2.90. The largest absolute Gasteiger partial charge is 0.379 e. The van der Waals surface area contributed by atoms with E-state index in [1.54, 1.807) is 24.1 Å². The number of unbranched alkanes of at least 4 members (excludes halogenated alkanes) is 1. The Labute approximate surface area is 149 Å². The van der Waals surface area contributed by atoms with Gasteiger partial charge in [-0.25, -0.2) is 0 Å². The second-order valence-electron chi connectivity index (χ2n) is 6.22. The normalized spacial score (nSPS) is 15.0. The van der Waals surface area contributed by atoms with Crippen LogP contribution in [0.15, 0.2) is 18.3 Å². The molecule has 2 heterocycles. The van der Waals surface area contributed by atoms with E-state index in [9.17, 15) is 9.59 Å². The van der Waals surface area contributed by atoms with Crippen molar-refractivity contribution in [3.63, 3.8) is 0 Å². The summed E-state index contributed by atoms with van der Waals surface area (Å²) in [6.07, 6.45) is 3.48. The van der Waals surface area contributed by atoms with Gasteiger partial charge in [-0.2, -0.15) is 0 Å². The van der Waals surface area contributed by atoms with Gasteiger partial charge in [0.15, 0.2) is 0 Å². The van der Waals surface area contributed by atoms with Crippen molar-refractivity contribution in [2.45, 2.75) is 19.8 Å². The van der Waals surface area contributed by atoms with E-state index in [-0.39, 0.29) is 11.8 Å². The predicted octanol–water partition coefficient (Wildman–Crippen LogP) is 1.02. The molecule has 1 aromatic rings. The number of rotatable bonds is 8. The number of pyridine rings is 1. The van der Waals surface area contributed by atoms with E-state index in [0.29, 0.717) is 24.3 Å². The smallest absolute Gasteiger partial charge is 0.272 e. The molecule has 2 amide bonds. The van der Waals surface area contributed by atoms with Gasteiger partial charge in [0.25, 0.3) is 11.8 Å². The third-order valence-electron chi connectivity index (χ3n) is 4.25. The molecule has 25 heavy (non-hydrogen) atoms. The Morgan fingerprint density at radius 3 is 2.84 bits per heavy atom. The fourth-order valence-electron chi connectivity index (χ4n) is 2.64. The second-order valence-corrected chi connectivity index (χ2v) is 6.22. The molecule has 0 spiro atoms. The number of amides is 2. The highest BCUT2D eigenvalue weighted by molar-refractivity contribution is 5.98. The topological polar surface area (TPSA) is 74.8 Å². The number of morpholine rings is 1. The van der Waals surface area contributed by atoms with Crippen molar-refractivity contribution >= 4 is 11.8 Å². The van der Waals surface area contributed by atoms with Gasteiger partial charge in [0.2, 0.25) is 0 Å². The average molecular weight is 348 g/mol. The van der Waals surface area contributed by atoms with Crippen molar-refractivity contribution in [3.8, 4) is 0 Å². The molecule has 1 saturated heterocycles. The van der Waals surface area contributed by atoms with E-state index < -0.39 is 0 Å². The van der Waals surface area contributed by atoms with Crippen LogP contribution in [0, 0.1) is 0 Å². The summed E-state index contributed by atoms with van der Waals surface area (Å²) in [7, 11) is 1.76. The van der Waals surface area contributed by atoms with E-state index in [1.807, 2.05) is 0 Å². The first-order valence-corrected chi connectivity index (χ1v) is 8.91. The van der Waals surface area contributed by atoms with Crippen molar-refractivity contribution < 1.29 is 14.3 Å². The van der Waals surface area contributed by atoms with Crippen LogP contribution >= 0.6 is 0 Å². The number of carbonyl (C=O) groups is 2. The minimum atomic E-state index is -0.180. The van der Waals surface area contributed by atoms with Gasteiger partial charge in [0.05, 0.1) is 13.2 Å². The maximum atomic E-state index is 12.4. The Bertz CT molecular complexity index is 573. The summed E-state index contributed by atoms with van der Waals surface area (Å²) in [5.41, 5.74) is 0.767. The van der Waals surface area contributed by atoms with Crippen LogP contribution in [0.25, 0.3) is 0 Å². The molecule has 138 valence electrons. The van der Waals surface area contributed by atoms with E-state index in [1.165, 1.54) is 6.20 Å². The summed E-state index contributed by atoms with van der Waals surface area (Å²) < 4.78 is 5.30. The molecule has 1 aliphatic heterocycles. The number of aromatic nitrogens is 1. The Morgan fingerprint density at radius 1 is 1.36 bits per heavy atom. The summed E-state index contributed by atoms with van der Waals surface area (Å²) >= 11 is 0. The van der Waals surface area contributed by atoms with E-state index in [4.69, 9.17) is 4.74 Å². The van der Waals surface area contributed by atoms with Gasteiger partial charge in [-0.1, -0.05) is 13.3 Å². The molecule has 0 atom stereocenters. The minimum Gasteiger partial charge on any atom is -0.379 e. The van der Waals surface area contributed by atoms with Crippen LogP contribution < -0.4 is 5.32 Å². The lowest BCUT2D eigenvalue weighted by Gasteiger charge is -2.26. The molecule has 0 unspecified atom stereocenters. The first kappa shape index (κ1) is 19.3. The van der Waals surface area contributed by atoms with Crippen LogP contribution in [-0.4, -0.2) is 79.6 Å². The summed E-state index contributed by atoms with van der Waals surface area (Å²) in [4.78, 5) is 32.7. The molecule has 0 radical (unpaired) electrons. The van der Waals surface area contributed by atoms with E-state index in [2.05, 4.69) is 22.1 Å². The molecule has 0 aliphatic carbocycles. The number of hydrogen-bond acceptors (Lipinski definition) is 5. The zero-order valence-electron chi connectivity index (χ0n) is 15.2. The van der Waals surface area contributed by atoms with Crippen LogP contribution in [0.1, 0.15) is 40.6 Å². The summed E-state index contributed by atoms with van der Waals surface area (Å²) in [5.74, 6) is -0.336. The van der Waals surface area contributed by atoms with Crippen molar-refractivity contribution in [2.75, 3.05) is 53.0 Å². The molecular weight excluding hydrogens is 320 g/mol. The first-order chi connectivity index (χ1) is 12.1. The molecule has 0 aromatic carbocycles. The zero-order chi connectivity index (χ0) is 18.1. The Morgan fingerprint density at radius 2 is 2.12 bits per heavy atom. The van der Waals surface area contributed by atoms with Crippen LogP contribution in [-0.2, 0) is 4.74 Å². The number of carbonyl (C=O) groups excluding carboxylic acids is 2. The van der Waals surface area contributed by atoms with Gasteiger partial charge in [0, 0.05) is 51.5 Å². The van der Waals surface area contributed by atoms with E-state index >= 15 is 0 Å². The fourth-order valence-corrected chi connectivity index (χ4v) is 2.64. The van der Waals surface area contributed by atoms with Crippen molar-refractivity contribution in [1.29, 1.82) is 0 Å². The number of hydrogen-bond donors (Lipinski definition) is 1. The van der Waals surface area contributed by atoms with Gasteiger partial charge in [-0.3, -0.25) is 19.5 Å². The highest BCUT2D eigenvalue weighted by Gasteiger charge is 2.16. The number of ether oxygens (including phenoxy) is 1. The second kappa shape index (κ2) is 10.1. The number of nitrogens with zero attached hydrogens (tertiary/aromatic N) is 3. The van der Waals surface area contributed by atoms with Crippen LogP contribution in [0.2, 0.25) is 0 Å². The van der Waals surface area contributed by atoms with Crippen LogP contribution in [0.3, 0.4) is 0 Å². The third kappa shape index (κ3) is 6.10. The quantitative estimate of drug-likeness (QED) is 0.759. The predicted molar refractivity (Wildman–Crippen MR) is 95.7 cm³/mol. The van der Waals surface area contributed by atoms with E-state index in [0.717, 1.165) is 45.7 Å². The molecular formula is C18H28N4O3. The highest BCUT2D eigenvalue weighted by Crippen LogP contribution is 2.06. The molecule has 1 N–H and O–H groups in total. The monoisotopic (exact) mass is 348 g/mol. The molecule has 0 bridgehead atoms. The highest BCUT2D eigenvalue weighted by atomic mass is 16.5. The first-order valence-electron chi connectivity index (χ1n) is 8.91. The lowest BCUT2D eigenvalue weighted by atomic mass is 10.2. The molecule has 1 aliphatic rings. The van der Waals surface area contributed by atoms with Crippen molar-refractivity contribution in [3.05, 3.63) is 29.6 Å². The maximum Gasteiger partial charge on any atom is 0.272 e. The molecule has 1 aromatic heterocycles.